The number of likely N-dealkylation sites (tertiary alicyclic amines) is 1. The number of carbonyl (C=O) groups is 2. The third-order valence-corrected chi connectivity index (χ3v) is 6.26. The van der Waals surface area contributed by atoms with Gasteiger partial charge in [-0.3, -0.25) is 4.79 Å². The Morgan fingerprint density at radius 3 is 2.22 bits per heavy atom. The molecule has 2 atom stereocenters. The van der Waals surface area contributed by atoms with Gasteiger partial charge in [-0.1, -0.05) is 20.8 Å². The normalized spacial score (nSPS) is 23.7. The first-order valence-corrected chi connectivity index (χ1v) is 10.7. The number of rotatable bonds is 3. The van der Waals surface area contributed by atoms with Gasteiger partial charge in [0.05, 0.1) is 4.90 Å². The molecule has 1 aromatic carbocycles. The number of carboxylic acid groups (broad SMARTS) is 1. The number of amides is 2. The van der Waals surface area contributed by atoms with E-state index in [-0.39, 0.29) is 22.3 Å². The van der Waals surface area contributed by atoms with Gasteiger partial charge in [0, 0.05) is 29.9 Å². The van der Waals surface area contributed by atoms with Crippen LogP contribution in [0, 0.1) is 5.41 Å². The highest BCUT2D eigenvalue weighted by Crippen LogP contribution is 2.36. The number of hydrogen-bond donors (Lipinski definition) is 2. The number of sulfone groups is 1. The minimum atomic E-state index is -3.32. The van der Waals surface area contributed by atoms with Gasteiger partial charge >= 0.3 is 6.09 Å². The molecular weight excluding hydrogens is 368 g/mol. The average Bonchev–Trinajstić information content (AvgIpc) is 2.52. The van der Waals surface area contributed by atoms with Crippen LogP contribution in [-0.4, -0.2) is 54.8 Å². The van der Waals surface area contributed by atoms with Gasteiger partial charge in [-0.15, -0.1) is 0 Å². The smallest absolute Gasteiger partial charge is 0.407 e. The van der Waals surface area contributed by atoms with Gasteiger partial charge in [0.2, 0.25) is 0 Å². The van der Waals surface area contributed by atoms with E-state index in [9.17, 15) is 23.1 Å². The minimum Gasteiger partial charge on any atom is -0.465 e. The number of piperidine rings is 1. The molecule has 0 spiro atoms. The van der Waals surface area contributed by atoms with E-state index in [1.807, 2.05) is 27.7 Å². The van der Waals surface area contributed by atoms with Gasteiger partial charge in [0.25, 0.3) is 5.91 Å². The Bertz CT molecular complexity index is 827. The number of hydrogen-bond acceptors (Lipinski definition) is 4. The van der Waals surface area contributed by atoms with Gasteiger partial charge in [-0.05, 0) is 49.4 Å². The summed E-state index contributed by atoms with van der Waals surface area (Å²) in [5.74, 6) is -0.297. The molecule has 0 saturated carbocycles. The molecular formula is C19H28N2O5S. The van der Waals surface area contributed by atoms with E-state index < -0.39 is 21.5 Å². The standard InChI is InChI=1S/C19H28N2O5S/c1-18(2,3)15-12-19(4,10-11-21(15)17(23)24)20-16(22)13-6-8-14(9-7-13)27(5,25)26/h6-9,15H,10-12H2,1-5H3,(H,20,22)(H,23,24). The first-order valence-electron chi connectivity index (χ1n) is 8.85. The molecule has 1 fully saturated rings. The van der Waals surface area contributed by atoms with Gasteiger partial charge in [0.1, 0.15) is 0 Å². The van der Waals surface area contributed by atoms with Crippen LogP contribution in [0.15, 0.2) is 29.2 Å². The molecule has 1 aromatic rings. The first-order chi connectivity index (χ1) is 12.2. The third-order valence-electron chi connectivity index (χ3n) is 5.13. The van der Waals surface area contributed by atoms with Crippen LogP contribution in [-0.2, 0) is 9.84 Å². The van der Waals surface area contributed by atoms with E-state index in [1.54, 1.807) is 0 Å². The lowest BCUT2D eigenvalue weighted by Gasteiger charge is -2.49. The summed E-state index contributed by atoms with van der Waals surface area (Å²) >= 11 is 0. The second-order valence-corrected chi connectivity index (χ2v) is 10.6. The van der Waals surface area contributed by atoms with E-state index in [0.29, 0.717) is 24.9 Å². The highest BCUT2D eigenvalue weighted by atomic mass is 32.2. The van der Waals surface area contributed by atoms with Crippen molar-refractivity contribution in [1.82, 2.24) is 10.2 Å². The molecule has 1 heterocycles. The van der Waals surface area contributed by atoms with Crippen LogP contribution in [0.2, 0.25) is 0 Å². The van der Waals surface area contributed by atoms with Crippen LogP contribution in [0.25, 0.3) is 0 Å². The summed E-state index contributed by atoms with van der Waals surface area (Å²) in [5, 5.41) is 12.5. The Morgan fingerprint density at radius 1 is 1.22 bits per heavy atom. The predicted molar refractivity (Wildman–Crippen MR) is 103 cm³/mol. The summed E-state index contributed by atoms with van der Waals surface area (Å²) in [5.41, 5.74) is -0.435. The first kappa shape index (κ1) is 21.2. The van der Waals surface area contributed by atoms with Crippen molar-refractivity contribution < 1.29 is 23.1 Å². The van der Waals surface area contributed by atoms with E-state index >= 15 is 0 Å². The lowest BCUT2D eigenvalue weighted by atomic mass is 9.74. The fourth-order valence-corrected chi connectivity index (χ4v) is 4.11. The van der Waals surface area contributed by atoms with Crippen molar-refractivity contribution in [3.8, 4) is 0 Å². The summed E-state index contributed by atoms with van der Waals surface area (Å²) in [6, 6.07) is 5.59. The molecule has 1 saturated heterocycles. The van der Waals surface area contributed by atoms with E-state index in [4.69, 9.17) is 0 Å². The third kappa shape index (κ3) is 5.00. The molecule has 8 heteroatoms. The summed E-state index contributed by atoms with van der Waals surface area (Å²) in [6.45, 7) is 8.25. The molecule has 2 rings (SSSR count). The van der Waals surface area contributed by atoms with E-state index in [0.717, 1.165) is 6.26 Å². The highest BCUT2D eigenvalue weighted by molar-refractivity contribution is 7.90. The molecule has 0 bridgehead atoms. The second kappa shape index (κ2) is 7.14. The average molecular weight is 397 g/mol. The summed E-state index contributed by atoms with van der Waals surface area (Å²) < 4.78 is 23.1. The van der Waals surface area contributed by atoms with Crippen LogP contribution in [0.3, 0.4) is 0 Å². The van der Waals surface area contributed by atoms with Crippen LogP contribution < -0.4 is 5.32 Å². The highest BCUT2D eigenvalue weighted by Gasteiger charge is 2.44. The lowest BCUT2D eigenvalue weighted by Crippen LogP contribution is -2.61. The molecule has 1 aliphatic rings. The maximum Gasteiger partial charge on any atom is 0.407 e. The van der Waals surface area contributed by atoms with E-state index in [1.165, 1.54) is 29.2 Å². The Kier molecular flexibility index (Phi) is 5.61. The fraction of sp³-hybridized carbons (Fsp3) is 0.579. The number of benzene rings is 1. The summed E-state index contributed by atoms with van der Waals surface area (Å²) in [4.78, 5) is 25.8. The molecule has 150 valence electrons. The molecule has 27 heavy (non-hydrogen) atoms. The predicted octanol–water partition coefficient (Wildman–Crippen LogP) is 2.77. The zero-order valence-corrected chi connectivity index (χ0v) is 17.3. The van der Waals surface area contributed by atoms with Crippen molar-refractivity contribution in [3.63, 3.8) is 0 Å². The van der Waals surface area contributed by atoms with Crippen molar-refractivity contribution in [1.29, 1.82) is 0 Å². The maximum absolute atomic E-state index is 12.7. The van der Waals surface area contributed by atoms with Crippen LogP contribution in [0.1, 0.15) is 50.9 Å². The molecule has 2 amide bonds. The molecule has 7 nitrogen and oxygen atoms in total. The Hall–Kier alpha value is -2.09. The fourth-order valence-electron chi connectivity index (χ4n) is 3.48. The largest absolute Gasteiger partial charge is 0.465 e. The van der Waals surface area contributed by atoms with Crippen molar-refractivity contribution in [3.05, 3.63) is 29.8 Å². The van der Waals surface area contributed by atoms with Crippen LogP contribution >= 0.6 is 0 Å². The van der Waals surface area contributed by atoms with Crippen molar-refractivity contribution in [2.75, 3.05) is 12.8 Å². The van der Waals surface area contributed by atoms with Gasteiger partial charge < -0.3 is 15.3 Å². The molecule has 0 aromatic heterocycles. The Balaban J connectivity index is 2.18. The zero-order valence-electron chi connectivity index (χ0n) is 16.4. The number of nitrogens with one attached hydrogen (secondary N) is 1. The maximum atomic E-state index is 12.7. The summed E-state index contributed by atoms with van der Waals surface area (Å²) in [6.07, 6.45) is 1.20. The van der Waals surface area contributed by atoms with E-state index in [2.05, 4.69) is 5.32 Å². The lowest BCUT2D eigenvalue weighted by molar-refractivity contribution is 0.0262. The molecule has 1 aliphatic heterocycles. The number of nitrogens with zero attached hydrogens (tertiary/aromatic N) is 1. The zero-order chi connectivity index (χ0) is 20.6. The molecule has 2 unspecified atom stereocenters. The van der Waals surface area contributed by atoms with Crippen molar-refractivity contribution >= 4 is 21.8 Å². The topological polar surface area (TPSA) is 104 Å². The van der Waals surface area contributed by atoms with Gasteiger partial charge in [0.15, 0.2) is 9.84 Å². The second-order valence-electron chi connectivity index (χ2n) is 8.62. The monoisotopic (exact) mass is 396 g/mol. The quantitative estimate of drug-likeness (QED) is 0.818. The molecule has 0 aliphatic carbocycles. The van der Waals surface area contributed by atoms with Crippen molar-refractivity contribution in [2.45, 2.75) is 57.0 Å². The molecule has 2 N–H and O–H groups in total. The van der Waals surface area contributed by atoms with Crippen molar-refractivity contribution in [2.24, 2.45) is 5.41 Å². The SMILES string of the molecule is CC1(NC(=O)c2ccc(S(C)(=O)=O)cc2)CCN(C(=O)O)C(C(C)(C)C)C1. The minimum absolute atomic E-state index is 0.160. The van der Waals surface area contributed by atoms with Gasteiger partial charge in [-0.25, -0.2) is 13.2 Å². The summed E-state index contributed by atoms with van der Waals surface area (Å²) in [7, 11) is -3.32. The van der Waals surface area contributed by atoms with Crippen LogP contribution in [0.4, 0.5) is 4.79 Å². The Morgan fingerprint density at radius 2 is 1.78 bits per heavy atom. The molecule has 0 radical (unpaired) electrons. The van der Waals surface area contributed by atoms with Gasteiger partial charge in [-0.2, -0.15) is 0 Å². The van der Waals surface area contributed by atoms with Crippen LogP contribution in [0.5, 0.6) is 0 Å². The number of carbonyl (C=O) groups excluding carboxylic acids is 1. The Labute approximate surface area is 160 Å².